The number of thiophene rings is 1. The second-order valence-corrected chi connectivity index (χ2v) is 6.52. The predicted molar refractivity (Wildman–Crippen MR) is 93.0 cm³/mol. The fraction of sp³-hybridized carbons (Fsp3) is 0.118. The highest BCUT2D eigenvalue weighted by Gasteiger charge is 2.17. The quantitative estimate of drug-likeness (QED) is 0.493. The van der Waals surface area contributed by atoms with E-state index < -0.39 is 5.97 Å². The maximum Gasteiger partial charge on any atom is 0.358 e. The Morgan fingerprint density at radius 2 is 1.96 bits per heavy atom. The van der Waals surface area contributed by atoms with Crippen LogP contribution in [0.15, 0.2) is 47.2 Å². The van der Waals surface area contributed by atoms with Crippen molar-refractivity contribution in [3.05, 3.63) is 58.4 Å². The Kier molecular flexibility index (Phi) is 5.02. The molecule has 0 atom stereocenters. The molecule has 0 aliphatic carbocycles. The standard InChI is InChI=1S/C17H13NO4S2/c1-21-14-6-3-2-5-11(14)13(19)9-22-17(20)12-10-24-16(18-12)15-7-4-8-23-15/h2-8,10H,9H2,1H3. The Bertz CT molecular complexity index is 855. The highest BCUT2D eigenvalue weighted by Crippen LogP contribution is 2.28. The average Bonchev–Trinajstić information content (AvgIpc) is 3.30. The van der Waals surface area contributed by atoms with Crippen LogP contribution in [0.2, 0.25) is 0 Å². The van der Waals surface area contributed by atoms with Crippen LogP contribution in [0.1, 0.15) is 20.8 Å². The van der Waals surface area contributed by atoms with Crippen molar-refractivity contribution in [3.8, 4) is 15.6 Å². The summed E-state index contributed by atoms with van der Waals surface area (Å²) in [5.41, 5.74) is 0.585. The number of hydrogen-bond acceptors (Lipinski definition) is 7. The lowest BCUT2D eigenvalue weighted by Crippen LogP contribution is -2.15. The first-order chi connectivity index (χ1) is 11.7. The molecule has 0 unspecified atom stereocenters. The van der Waals surface area contributed by atoms with E-state index in [1.54, 1.807) is 41.0 Å². The molecule has 0 spiro atoms. The smallest absolute Gasteiger partial charge is 0.358 e. The number of nitrogens with zero attached hydrogens (tertiary/aromatic N) is 1. The Morgan fingerprint density at radius 1 is 1.12 bits per heavy atom. The van der Waals surface area contributed by atoms with Crippen LogP contribution in [0.5, 0.6) is 5.75 Å². The zero-order chi connectivity index (χ0) is 16.9. The summed E-state index contributed by atoms with van der Waals surface area (Å²) in [6.07, 6.45) is 0. The summed E-state index contributed by atoms with van der Waals surface area (Å²) in [7, 11) is 1.49. The molecule has 3 aromatic rings. The summed E-state index contributed by atoms with van der Waals surface area (Å²) < 4.78 is 10.2. The number of thiazole rings is 1. The van der Waals surface area contributed by atoms with Crippen LogP contribution < -0.4 is 4.74 Å². The maximum absolute atomic E-state index is 12.2. The van der Waals surface area contributed by atoms with Gasteiger partial charge in [0.1, 0.15) is 10.8 Å². The Morgan fingerprint density at radius 3 is 2.71 bits per heavy atom. The number of esters is 1. The van der Waals surface area contributed by atoms with Gasteiger partial charge in [-0.25, -0.2) is 9.78 Å². The number of methoxy groups -OCH3 is 1. The van der Waals surface area contributed by atoms with Gasteiger partial charge >= 0.3 is 5.97 Å². The molecule has 5 nitrogen and oxygen atoms in total. The number of aromatic nitrogens is 1. The minimum Gasteiger partial charge on any atom is -0.496 e. The van der Waals surface area contributed by atoms with Crippen molar-refractivity contribution in [2.75, 3.05) is 13.7 Å². The summed E-state index contributed by atoms with van der Waals surface area (Å²) in [5, 5.41) is 4.33. The lowest BCUT2D eigenvalue weighted by Gasteiger charge is -2.07. The molecule has 1 aromatic carbocycles. The fourth-order valence-corrected chi connectivity index (χ4v) is 3.64. The fourth-order valence-electron chi connectivity index (χ4n) is 2.04. The third-order valence-corrected chi connectivity index (χ3v) is 5.07. The van der Waals surface area contributed by atoms with Gasteiger partial charge in [-0.3, -0.25) is 4.79 Å². The zero-order valence-electron chi connectivity index (χ0n) is 12.7. The molecule has 0 aliphatic rings. The lowest BCUT2D eigenvalue weighted by atomic mass is 10.1. The van der Waals surface area contributed by atoms with Gasteiger partial charge in [-0.1, -0.05) is 18.2 Å². The summed E-state index contributed by atoms with van der Waals surface area (Å²) in [4.78, 5) is 29.5. The molecule has 0 radical (unpaired) electrons. The van der Waals surface area contributed by atoms with Crippen molar-refractivity contribution in [3.63, 3.8) is 0 Å². The van der Waals surface area contributed by atoms with Gasteiger partial charge in [0.2, 0.25) is 5.78 Å². The van der Waals surface area contributed by atoms with Gasteiger partial charge in [-0.15, -0.1) is 22.7 Å². The molecular formula is C17H13NO4S2. The lowest BCUT2D eigenvalue weighted by molar-refractivity contribution is 0.0469. The molecule has 0 aliphatic heterocycles. The van der Waals surface area contributed by atoms with Gasteiger partial charge in [0.15, 0.2) is 12.3 Å². The van der Waals surface area contributed by atoms with Gasteiger partial charge in [0.25, 0.3) is 0 Å². The van der Waals surface area contributed by atoms with E-state index >= 15 is 0 Å². The molecule has 0 amide bonds. The Hall–Kier alpha value is -2.51. The minimum atomic E-state index is -0.614. The van der Waals surface area contributed by atoms with Gasteiger partial charge in [0, 0.05) is 5.38 Å². The molecule has 122 valence electrons. The number of ketones is 1. The average molecular weight is 359 g/mol. The number of rotatable bonds is 6. The highest BCUT2D eigenvalue weighted by atomic mass is 32.1. The van der Waals surface area contributed by atoms with Crippen LogP contribution in [0, 0.1) is 0 Å². The van der Waals surface area contributed by atoms with Crippen molar-refractivity contribution in [2.45, 2.75) is 0 Å². The number of para-hydroxylation sites is 1. The molecule has 2 aromatic heterocycles. The van der Waals surface area contributed by atoms with Gasteiger partial charge in [-0.2, -0.15) is 0 Å². The Balaban J connectivity index is 1.64. The highest BCUT2D eigenvalue weighted by molar-refractivity contribution is 7.20. The maximum atomic E-state index is 12.2. The molecule has 0 saturated carbocycles. The van der Waals surface area contributed by atoms with E-state index in [9.17, 15) is 9.59 Å². The van der Waals surface area contributed by atoms with Crippen LogP contribution in [-0.2, 0) is 4.74 Å². The number of ether oxygens (including phenoxy) is 2. The topological polar surface area (TPSA) is 65.5 Å². The molecule has 7 heteroatoms. The van der Waals surface area contributed by atoms with Crippen LogP contribution >= 0.6 is 22.7 Å². The Labute approximate surface area is 146 Å². The van der Waals surface area contributed by atoms with E-state index in [0.717, 1.165) is 9.88 Å². The molecule has 3 rings (SSSR count). The monoisotopic (exact) mass is 359 g/mol. The zero-order valence-corrected chi connectivity index (χ0v) is 14.4. The van der Waals surface area contributed by atoms with E-state index in [4.69, 9.17) is 9.47 Å². The second kappa shape index (κ2) is 7.37. The van der Waals surface area contributed by atoms with Crippen LogP contribution in [0.25, 0.3) is 9.88 Å². The third kappa shape index (κ3) is 3.52. The van der Waals surface area contributed by atoms with Crippen molar-refractivity contribution in [2.24, 2.45) is 0 Å². The van der Waals surface area contributed by atoms with Crippen LogP contribution in [0.4, 0.5) is 0 Å². The number of Topliss-reactive ketones (excluding diaryl/α,β-unsaturated/α-hetero) is 1. The SMILES string of the molecule is COc1ccccc1C(=O)COC(=O)c1csc(-c2cccs2)n1. The first-order valence-electron chi connectivity index (χ1n) is 7.02. The van der Waals surface area contributed by atoms with E-state index in [1.165, 1.54) is 18.4 Å². The number of benzene rings is 1. The van der Waals surface area contributed by atoms with Crippen molar-refractivity contribution < 1.29 is 19.1 Å². The van der Waals surface area contributed by atoms with Gasteiger partial charge in [0.05, 0.1) is 17.6 Å². The molecular weight excluding hydrogens is 346 g/mol. The summed E-state index contributed by atoms with van der Waals surface area (Å²) >= 11 is 2.91. The first kappa shape index (κ1) is 16.4. The van der Waals surface area contributed by atoms with Crippen LogP contribution in [0.3, 0.4) is 0 Å². The number of carbonyl (C=O) groups is 2. The number of carbonyl (C=O) groups excluding carboxylic acids is 2. The molecule has 24 heavy (non-hydrogen) atoms. The molecule has 0 fully saturated rings. The van der Waals surface area contributed by atoms with Crippen LogP contribution in [-0.4, -0.2) is 30.5 Å². The van der Waals surface area contributed by atoms with E-state index in [-0.39, 0.29) is 18.1 Å². The molecule has 2 heterocycles. The first-order valence-corrected chi connectivity index (χ1v) is 8.77. The summed E-state index contributed by atoms with van der Waals surface area (Å²) in [6.45, 7) is -0.356. The number of hydrogen-bond donors (Lipinski definition) is 0. The minimum absolute atomic E-state index is 0.205. The summed E-state index contributed by atoms with van der Waals surface area (Å²) in [5.74, 6) is -0.487. The van der Waals surface area contributed by atoms with Gasteiger partial charge < -0.3 is 9.47 Å². The normalized spacial score (nSPS) is 10.4. The van der Waals surface area contributed by atoms with Gasteiger partial charge in [-0.05, 0) is 23.6 Å². The van der Waals surface area contributed by atoms with E-state index in [2.05, 4.69) is 4.98 Å². The third-order valence-electron chi connectivity index (χ3n) is 3.19. The van der Waals surface area contributed by atoms with E-state index in [0.29, 0.717) is 11.3 Å². The summed E-state index contributed by atoms with van der Waals surface area (Å²) in [6, 6.07) is 10.7. The van der Waals surface area contributed by atoms with E-state index in [1.807, 2.05) is 17.5 Å². The molecule has 0 N–H and O–H groups in total. The largest absolute Gasteiger partial charge is 0.496 e. The predicted octanol–water partition coefficient (Wildman–Crippen LogP) is 3.92. The molecule has 0 saturated heterocycles. The van der Waals surface area contributed by atoms with Crippen molar-refractivity contribution in [1.29, 1.82) is 0 Å². The second-order valence-electron chi connectivity index (χ2n) is 4.71. The van der Waals surface area contributed by atoms with Crippen molar-refractivity contribution in [1.82, 2.24) is 4.98 Å². The molecule has 0 bridgehead atoms. The van der Waals surface area contributed by atoms with Crippen molar-refractivity contribution >= 4 is 34.4 Å².